The number of nitrogens with one attached hydrogen (secondary N) is 1. The van der Waals surface area contributed by atoms with Crippen LogP contribution in [0, 0.1) is 14.9 Å². The maximum absolute atomic E-state index is 12.1. The Balaban J connectivity index is 2.28. The number of rotatable bonds is 2. The quantitative estimate of drug-likeness (QED) is 0.721. The molecule has 2 aromatic rings. The Morgan fingerprint density at radius 2 is 2.22 bits per heavy atom. The van der Waals surface area contributed by atoms with E-state index >= 15 is 0 Å². The van der Waals surface area contributed by atoms with E-state index < -0.39 is 0 Å². The molecule has 6 heteroatoms. The lowest BCUT2D eigenvalue weighted by molar-refractivity contribution is 0.102. The standard InChI is InChI=1S/C12H6BrIN2OS/c13-10-2-1-8(14)5-9(10)11(17)16-12-7(6-15)3-4-18-12/h1-5H,(H,16,17). The zero-order valence-corrected chi connectivity index (χ0v) is 13.5. The lowest BCUT2D eigenvalue weighted by Gasteiger charge is -2.06. The van der Waals surface area contributed by atoms with Crippen LogP contribution in [0.4, 0.5) is 5.00 Å². The molecule has 90 valence electrons. The first-order valence-electron chi connectivity index (χ1n) is 4.86. The predicted molar refractivity (Wildman–Crippen MR) is 83.8 cm³/mol. The minimum absolute atomic E-state index is 0.223. The molecule has 1 N–H and O–H groups in total. The Labute approximate surface area is 130 Å². The number of nitriles is 1. The van der Waals surface area contributed by atoms with Gasteiger partial charge in [0.25, 0.3) is 5.91 Å². The van der Waals surface area contributed by atoms with Crippen molar-refractivity contribution in [3.05, 3.63) is 48.8 Å². The molecule has 18 heavy (non-hydrogen) atoms. The highest BCUT2D eigenvalue weighted by Crippen LogP contribution is 2.25. The van der Waals surface area contributed by atoms with Gasteiger partial charge in [0.05, 0.1) is 11.1 Å². The van der Waals surface area contributed by atoms with Crippen LogP contribution < -0.4 is 5.32 Å². The molecule has 3 nitrogen and oxygen atoms in total. The van der Waals surface area contributed by atoms with E-state index in [1.807, 2.05) is 18.2 Å². The highest BCUT2D eigenvalue weighted by Gasteiger charge is 2.13. The fourth-order valence-electron chi connectivity index (χ4n) is 1.34. The van der Waals surface area contributed by atoms with Gasteiger partial charge < -0.3 is 5.32 Å². The first-order valence-corrected chi connectivity index (χ1v) is 7.61. The first-order chi connectivity index (χ1) is 8.61. The molecule has 0 aliphatic heterocycles. The molecule has 0 spiro atoms. The maximum Gasteiger partial charge on any atom is 0.257 e. The van der Waals surface area contributed by atoms with Gasteiger partial charge >= 0.3 is 0 Å². The van der Waals surface area contributed by atoms with Crippen molar-refractivity contribution in [1.29, 1.82) is 5.26 Å². The summed E-state index contributed by atoms with van der Waals surface area (Å²) >= 11 is 6.83. The molecule has 0 bridgehead atoms. The SMILES string of the molecule is N#Cc1ccsc1NC(=O)c1cc(I)ccc1Br. The van der Waals surface area contributed by atoms with Crippen molar-refractivity contribution in [2.45, 2.75) is 0 Å². The fourth-order valence-corrected chi connectivity index (χ4v) is 2.99. The van der Waals surface area contributed by atoms with Crippen LogP contribution in [-0.4, -0.2) is 5.91 Å². The Bertz CT molecular complexity index is 648. The highest BCUT2D eigenvalue weighted by atomic mass is 127. The number of thiophene rings is 1. The topological polar surface area (TPSA) is 52.9 Å². The summed E-state index contributed by atoms with van der Waals surface area (Å²) in [5.74, 6) is -0.223. The lowest BCUT2D eigenvalue weighted by Crippen LogP contribution is -2.12. The van der Waals surface area contributed by atoms with Crippen molar-refractivity contribution < 1.29 is 4.79 Å². The normalized spacial score (nSPS) is 9.83. The molecule has 0 saturated heterocycles. The summed E-state index contributed by atoms with van der Waals surface area (Å²) in [6, 6.07) is 9.26. The van der Waals surface area contributed by atoms with Gasteiger partial charge in [-0.3, -0.25) is 4.79 Å². The molecule has 0 saturated carbocycles. The van der Waals surface area contributed by atoms with Crippen LogP contribution in [0.25, 0.3) is 0 Å². The Morgan fingerprint density at radius 3 is 2.94 bits per heavy atom. The third-order valence-corrected chi connectivity index (χ3v) is 4.38. The summed E-state index contributed by atoms with van der Waals surface area (Å²) in [5, 5.41) is 14.0. The molecule has 1 aromatic carbocycles. The number of carbonyl (C=O) groups excluding carboxylic acids is 1. The van der Waals surface area contributed by atoms with Crippen molar-refractivity contribution in [2.24, 2.45) is 0 Å². The minimum Gasteiger partial charge on any atom is -0.312 e. The van der Waals surface area contributed by atoms with Gasteiger partial charge in [-0.1, -0.05) is 0 Å². The van der Waals surface area contributed by atoms with E-state index in [0.717, 1.165) is 8.04 Å². The Morgan fingerprint density at radius 1 is 1.44 bits per heavy atom. The van der Waals surface area contributed by atoms with Crippen LogP contribution in [-0.2, 0) is 0 Å². The molecule has 0 radical (unpaired) electrons. The van der Waals surface area contributed by atoms with Crippen LogP contribution in [0.5, 0.6) is 0 Å². The smallest absolute Gasteiger partial charge is 0.257 e. The number of halogens is 2. The van der Waals surface area contributed by atoms with Gasteiger partial charge in [0.15, 0.2) is 0 Å². The molecule has 1 amide bonds. The molecule has 0 aliphatic rings. The van der Waals surface area contributed by atoms with E-state index in [0.29, 0.717) is 16.1 Å². The van der Waals surface area contributed by atoms with Gasteiger partial charge in [-0.25, -0.2) is 0 Å². The highest BCUT2D eigenvalue weighted by molar-refractivity contribution is 14.1. The van der Waals surface area contributed by atoms with Crippen LogP contribution in [0.15, 0.2) is 34.1 Å². The number of anilines is 1. The Hall–Kier alpha value is -0.910. The molecule has 0 aliphatic carbocycles. The van der Waals surface area contributed by atoms with E-state index in [1.165, 1.54) is 11.3 Å². The van der Waals surface area contributed by atoms with E-state index in [1.54, 1.807) is 17.5 Å². The molecular weight excluding hydrogens is 427 g/mol. The van der Waals surface area contributed by atoms with E-state index in [2.05, 4.69) is 43.8 Å². The predicted octanol–water partition coefficient (Wildman–Crippen LogP) is 4.24. The summed E-state index contributed by atoms with van der Waals surface area (Å²) < 4.78 is 1.71. The van der Waals surface area contributed by atoms with Gasteiger partial charge in [0.2, 0.25) is 0 Å². The third kappa shape index (κ3) is 2.91. The summed E-state index contributed by atoms with van der Waals surface area (Å²) in [4.78, 5) is 12.1. The zero-order valence-electron chi connectivity index (χ0n) is 8.91. The molecule has 2 rings (SSSR count). The van der Waals surface area contributed by atoms with Crippen LogP contribution in [0.2, 0.25) is 0 Å². The van der Waals surface area contributed by atoms with Crippen molar-refractivity contribution in [2.75, 3.05) is 5.32 Å². The Kier molecular flexibility index (Phi) is 4.37. The van der Waals surface area contributed by atoms with Crippen LogP contribution >= 0.6 is 49.9 Å². The fraction of sp³-hybridized carbons (Fsp3) is 0. The summed E-state index contributed by atoms with van der Waals surface area (Å²) in [7, 11) is 0. The molecule has 0 unspecified atom stereocenters. The van der Waals surface area contributed by atoms with Crippen molar-refractivity contribution in [1.82, 2.24) is 0 Å². The summed E-state index contributed by atoms with van der Waals surface area (Å²) in [6.45, 7) is 0. The van der Waals surface area contributed by atoms with Crippen molar-refractivity contribution in [3.63, 3.8) is 0 Å². The lowest BCUT2D eigenvalue weighted by atomic mass is 10.2. The van der Waals surface area contributed by atoms with Crippen molar-refractivity contribution in [3.8, 4) is 6.07 Å². The number of nitrogens with zero attached hydrogens (tertiary/aromatic N) is 1. The molecule has 0 atom stereocenters. The monoisotopic (exact) mass is 432 g/mol. The van der Waals surface area contributed by atoms with Gasteiger partial charge in [-0.05, 0) is 68.2 Å². The molecular formula is C12H6BrIN2OS. The second-order valence-corrected chi connectivity index (χ2v) is 6.37. The van der Waals surface area contributed by atoms with E-state index in [9.17, 15) is 4.79 Å². The number of amides is 1. The second kappa shape index (κ2) is 5.82. The first kappa shape index (κ1) is 13.5. The average Bonchev–Trinajstić information content (AvgIpc) is 2.79. The molecule has 1 aromatic heterocycles. The van der Waals surface area contributed by atoms with E-state index in [-0.39, 0.29) is 5.91 Å². The largest absolute Gasteiger partial charge is 0.312 e. The molecule has 0 fully saturated rings. The van der Waals surface area contributed by atoms with E-state index in [4.69, 9.17) is 5.26 Å². The number of hydrogen-bond acceptors (Lipinski definition) is 3. The summed E-state index contributed by atoms with van der Waals surface area (Å²) in [5.41, 5.74) is 1.04. The zero-order chi connectivity index (χ0) is 13.1. The number of carbonyl (C=O) groups is 1. The number of hydrogen-bond donors (Lipinski definition) is 1. The van der Waals surface area contributed by atoms with Crippen LogP contribution in [0.3, 0.4) is 0 Å². The minimum atomic E-state index is -0.223. The van der Waals surface area contributed by atoms with Gasteiger partial charge in [0.1, 0.15) is 11.1 Å². The second-order valence-electron chi connectivity index (χ2n) is 3.35. The van der Waals surface area contributed by atoms with Gasteiger partial charge in [0, 0.05) is 8.04 Å². The van der Waals surface area contributed by atoms with Crippen LogP contribution in [0.1, 0.15) is 15.9 Å². The third-order valence-electron chi connectivity index (χ3n) is 2.19. The van der Waals surface area contributed by atoms with Crippen molar-refractivity contribution >= 4 is 60.8 Å². The molecule has 1 heterocycles. The average molecular weight is 433 g/mol. The number of benzene rings is 1. The summed E-state index contributed by atoms with van der Waals surface area (Å²) in [6.07, 6.45) is 0. The maximum atomic E-state index is 12.1. The van der Waals surface area contributed by atoms with Gasteiger partial charge in [-0.15, -0.1) is 11.3 Å². The van der Waals surface area contributed by atoms with Gasteiger partial charge in [-0.2, -0.15) is 5.26 Å².